The number of thiazole rings is 1. The minimum absolute atomic E-state index is 0.848. The van der Waals surface area contributed by atoms with Crippen LogP contribution in [0.2, 0.25) is 0 Å². The summed E-state index contributed by atoms with van der Waals surface area (Å²) in [5, 5.41) is 6.27. The van der Waals surface area contributed by atoms with E-state index in [9.17, 15) is 0 Å². The second kappa shape index (κ2) is 4.26. The molecular weight excluding hydrogens is 168 g/mol. The van der Waals surface area contributed by atoms with Gasteiger partial charge in [0.05, 0.1) is 10.7 Å². The van der Waals surface area contributed by atoms with E-state index in [1.165, 1.54) is 5.69 Å². The zero-order valence-corrected chi connectivity index (χ0v) is 8.37. The molecule has 0 bridgehead atoms. The van der Waals surface area contributed by atoms with Crippen LogP contribution < -0.4 is 5.32 Å². The molecule has 0 saturated carbocycles. The number of allylic oxidation sites excluding steroid dienone is 1. The summed E-state index contributed by atoms with van der Waals surface area (Å²) >= 11 is 1.71. The summed E-state index contributed by atoms with van der Waals surface area (Å²) in [4.78, 5) is 4.43. The predicted molar refractivity (Wildman–Crippen MR) is 53.4 cm³/mol. The third-order valence-electron chi connectivity index (χ3n) is 1.68. The summed E-state index contributed by atoms with van der Waals surface area (Å²) in [5.74, 6) is 0. The average Bonchev–Trinajstić information content (AvgIpc) is 2.52. The normalized spacial score (nSPS) is 9.83. The third kappa shape index (κ3) is 2.34. The van der Waals surface area contributed by atoms with Crippen molar-refractivity contribution in [3.05, 3.63) is 28.4 Å². The monoisotopic (exact) mass is 182 g/mol. The number of nitrogens with one attached hydrogen (secondary N) is 1. The van der Waals surface area contributed by atoms with Crippen molar-refractivity contribution in [3.63, 3.8) is 0 Å². The maximum atomic E-state index is 4.43. The first-order chi connectivity index (χ1) is 5.76. The molecule has 12 heavy (non-hydrogen) atoms. The number of rotatable bonds is 4. The molecule has 0 aliphatic rings. The van der Waals surface area contributed by atoms with Gasteiger partial charge in [0.25, 0.3) is 0 Å². The van der Waals surface area contributed by atoms with Crippen LogP contribution in [0.15, 0.2) is 17.7 Å². The van der Waals surface area contributed by atoms with Gasteiger partial charge in [-0.25, -0.2) is 4.98 Å². The van der Waals surface area contributed by atoms with E-state index in [0.29, 0.717) is 0 Å². The molecule has 1 rings (SSSR count). The zero-order chi connectivity index (χ0) is 8.97. The van der Waals surface area contributed by atoms with E-state index in [4.69, 9.17) is 0 Å². The summed E-state index contributed by atoms with van der Waals surface area (Å²) in [5.41, 5.74) is 2.20. The number of aromatic nitrogens is 1. The molecule has 0 saturated heterocycles. The largest absolute Gasteiger partial charge is 0.392 e. The molecule has 0 fully saturated rings. The molecule has 0 radical (unpaired) electrons. The molecule has 1 aromatic rings. The predicted octanol–water partition coefficient (Wildman–Crippen LogP) is 1.98. The molecular formula is C9H14N2S. The van der Waals surface area contributed by atoms with Gasteiger partial charge in [-0.15, -0.1) is 11.3 Å². The second-order valence-electron chi connectivity index (χ2n) is 2.62. The highest BCUT2D eigenvalue weighted by molar-refractivity contribution is 7.09. The van der Waals surface area contributed by atoms with E-state index in [-0.39, 0.29) is 0 Å². The van der Waals surface area contributed by atoms with Gasteiger partial charge in [0.1, 0.15) is 0 Å². The lowest BCUT2D eigenvalue weighted by molar-refractivity contribution is 0.910. The van der Waals surface area contributed by atoms with Gasteiger partial charge in [-0.2, -0.15) is 0 Å². The fourth-order valence-electron chi connectivity index (χ4n) is 0.863. The molecule has 3 heteroatoms. The molecule has 0 aliphatic heterocycles. The van der Waals surface area contributed by atoms with Crippen molar-refractivity contribution >= 4 is 11.3 Å². The highest BCUT2D eigenvalue weighted by Crippen LogP contribution is 2.12. The van der Waals surface area contributed by atoms with Gasteiger partial charge >= 0.3 is 0 Å². The first-order valence-corrected chi connectivity index (χ1v) is 4.93. The summed E-state index contributed by atoms with van der Waals surface area (Å²) in [7, 11) is 1.89. The van der Waals surface area contributed by atoms with E-state index in [1.807, 2.05) is 7.05 Å². The molecule has 0 atom stereocenters. The smallest absolute Gasteiger partial charge is 0.0986 e. The molecule has 0 amide bonds. The maximum absolute atomic E-state index is 4.43. The zero-order valence-electron chi connectivity index (χ0n) is 7.55. The van der Waals surface area contributed by atoms with E-state index in [2.05, 4.69) is 29.2 Å². The number of aryl methyl sites for hydroxylation is 1. The Bertz CT molecular complexity index is 265. The van der Waals surface area contributed by atoms with Gasteiger partial charge in [0.15, 0.2) is 0 Å². The van der Waals surface area contributed by atoms with E-state index in [1.54, 1.807) is 11.3 Å². The van der Waals surface area contributed by atoms with Gasteiger partial charge in [-0.3, -0.25) is 0 Å². The average molecular weight is 182 g/mol. The van der Waals surface area contributed by atoms with E-state index >= 15 is 0 Å². The second-order valence-corrected chi connectivity index (χ2v) is 3.56. The van der Waals surface area contributed by atoms with Crippen LogP contribution in [0, 0.1) is 0 Å². The van der Waals surface area contributed by atoms with Crippen LogP contribution in [0.5, 0.6) is 0 Å². The number of hydrogen-bond donors (Lipinski definition) is 1. The van der Waals surface area contributed by atoms with Crippen LogP contribution in [0.4, 0.5) is 0 Å². The topological polar surface area (TPSA) is 24.9 Å². The van der Waals surface area contributed by atoms with Crippen molar-refractivity contribution in [2.75, 3.05) is 7.05 Å². The molecule has 1 aromatic heterocycles. The molecule has 1 heterocycles. The molecule has 0 spiro atoms. The summed E-state index contributed by atoms with van der Waals surface area (Å²) in [6.45, 7) is 5.98. The van der Waals surface area contributed by atoms with E-state index in [0.717, 1.165) is 23.5 Å². The number of likely N-dealkylation sites (N-methyl/N-ethyl adjacent to an activating group) is 1. The first-order valence-electron chi connectivity index (χ1n) is 4.05. The van der Waals surface area contributed by atoms with Gasteiger partial charge in [0.2, 0.25) is 0 Å². The van der Waals surface area contributed by atoms with Crippen LogP contribution >= 0.6 is 11.3 Å². The Morgan fingerprint density at radius 2 is 2.50 bits per heavy atom. The van der Waals surface area contributed by atoms with Crippen molar-refractivity contribution < 1.29 is 0 Å². The molecule has 1 N–H and O–H groups in total. The van der Waals surface area contributed by atoms with Crippen LogP contribution in [-0.4, -0.2) is 12.0 Å². The van der Waals surface area contributed by atoms with Gasteiger partial charge in [-0.1, -0.05) is 13.5 Å². The Morgan fingerprint density at radius 1 is 1.75 bits per heavy atom. The fourth-order valence-corrected chi connectivity index (χ4v) is 1.78. The minimum atomic E-state index is 0.848. The Balaban J connectivity index is 2.58. The molecule has 0 unspecified atom stereocenters. The molecule has 0 aromatic carbocycles. The fraction of sp³-hybridized carbons (Fsp3) is 0.444. The van der Waals surface area contributed by atoms with Crippen LogP contribution in [0.3, 0.4) is 0 Å². The number of nitrogens with zero attached hydrogens (tertiary/aromatic N) is 1. The van der Waals surface area contributed by atoms with Crippen LogP contribution in [0.1, 0.15) is 17.6 Å². The van der Waals surface area contributed by atoms with Crippen molar-refractivity contribution in [2.45, 2.75) is 19.8 Å². The third-order valence-corrected chi connectivity index (χ3v) is 2.58. The van der Waals surface area contributed by atoms with Crippen LogP contribution in [-0.2, 0) is 12.8 Å². The van der Waals surface area contributed by atoms with Gasteiger partial charge in [0, 0.05) is 24.5 Å². The van der Waals surface area contributed by atoms with E-state index < -0.39 is 0 Å². The van der Waals surface area contributed by atoms with Crippen molar-refractivity contribution in [3.8, 4) is 0 Å². The molecule has 2 nitrogen and oxygen atoms in total. The minimum Gasteiger partial charge on any atom is -0.392 e. The van der Waals surface area contributed by atoms with Crippen molar-refractivity contribution in [1.29, 1.82) is 0 Å². The van der Waals surface area contributed by atoms with Crippen LogP contribution in [0.25, 0.3) is 0 Å². The van der Waals surface area contributed by atoms with Gasteiger partial charge < -0.3 is 5.32 Å². The summed E-state index contributed by atoms with van der Waals surface area (Å²) in [6.07, 6.45) is 1.86. The van der Waals surface area contributed by atoms with Crippen molar-refractivity contribution in [2.24, 2.45) is 0 Å². The standard InChI is InChI=1S/C9H14N2S/c1-4-8-6-12-9(11-8)5-7(2)10-3/h6,10H,2,4-5H2,1,3H3. The molecule has 0 aliphatic carbocycles. The Hall–Kier alpha value is -0.830. The SMILES string of the molecule is C=C(Cc1nc(CC)cs1)NC. The quantitative estimate of drug-likeness (QED) is 0.770. The highest BCUT2D eigenvalue weighted by Gasteiger charge is 2.00. The Labute approximate surface area is 77.3 Å². The lowest BCUT2D eigenvalue weighted by atomic mass is 10.3. The summed E-state index contributed by atoms with van der Waals surface area (Å²) in [6, 6.07) is 0. The Kier molecular flexibility index (Phi) is 3.29. The first kappa shape index (κ1) is 9.26. The highest BCUT2D eigenvalue weighted by atomic mass is 32.1. The lowest BCUT2D eigenvalue weighted by Crippen LogP contribution is -2.06. The molecule has 66 valence electrons. The lowest BCUT2D eigenvalue weighted by Gasteiger charge is -1.99. The van der Waals surface area contributed by atoms with Crippen molar-refractivity contribution in [1.82, 2.24) is 10.3 Å². The summed E-state index contributed by atoms with van der Waals surface area (Å²) < 4.78 is 0. The Morgan fingerprint density at radius 3 is 3.00 bits per heavy atom. The van der Waals surface area contributed by atoms with Gasteiger partial charge in [-0.05, 0) is 6.42 Å². The number of hydrogen-bond acceptors (Lipinski definition) is 3. The maximum Gasteiger partial charge on any atom is 0.0986 e.